The van der Waals surface area contributed by atoms with Crippen LogP contribution in [0.4, 0.5) is 0 Å². The second-order valence-electron chi connectivity index (χ2n) is 7.33. The van der Waals surface area contributed by atoms with Crippen LogP contribution in [-0.2, 0) is 6.42 Å². The summed E-state index contributed by atoms with van der Waals surface area (Å²) < 4.78 is 6.20. The predicted molar refractivity (Wildman–Crippen MR) is 119 cm³/mol. The SMILES string of the molecule is CCCc1cc2c(=O)c(-c3nc4ccccc4[nH]3)c(-c3ccccc3)oc2cc1O. The molecule has 0 aliphatic rings. The highest BCUT2D eigenvalue weighted by Crippen LogP contribution is 2.34. The van der Waals surface area contributed by atoms with Crippen molar-refractivity contribution in [3.63, 3.8) is 0 Å². The van der Waals surface area contributed by atoms with Crippen LogP contribution >= 0.6 is 0 Å². The van der Waals surface area contributed by atoms with Gasteiger partial charge in [-0.05, 0) is 30.2 Å². The molecule has 0 amide bonds. The summed E-state index contributed by atoms with van der Waals surface area (Å²) in [6.45, 7) is 2.03. The number of benzene rings is 3. The number of para-hydroxylation sites is 2. The van der Waals surface area contributed by atoms with Crippen molar-refractivity contribution in [3.05, 3.63) is 82.5 Å². The molecule has 5 nitrogen and oxygen atoms in total. The maximum atomic E-state index is 13.7. The number of imidazole rings is 1. The van der Waals surface area contributed by atoms with Gasteiger partial charge >= 0.3 is 0 Å². The highest BCUT2D eigenvalue weighted by Gasteiger charge is 2.21. The van der Waals surface area contributed by atoms with Crippen LogP contribution < -0.4 is 5.43 Å². The zero-order chi connectivity index (χ0) is 20.7. The third kappa shape index (κ3) is 2.95. The number of aryl methyl sites for hydroxylation is 1. The molecular formula is C25H20N2O3. The van der Waals surface area contributed by atoms with Crippen LogP contribution in [0.1, 0.15) is 18.9 Å². The van der Waals surface area contributed by atoms with E-state index >= 15 is 0 Å². The lowest BCUT2D eigenvalue weighted by molar-refractivity contribution is 0.466. The normalized spacial score (nSPS) is 11.4. The fourth-order valence-corrected chi connectivity index (χ4v) is 3.82. The Balaban J connectivity index is 1.87. The third-order valence-electron chi connectivity index (χ3n) is 5.27. The Morgan fingerprint density at radius 1 is 1.03 bits per heavy atom. The molecule has 148 valence electrons. The van der Waals surface area contributed by atoms with Gasteiger partial charge in [-0.25, -0.2) is 4.98 Å². The molecule has 30 heavy (non-hydrogen) atoms. The third-order valence-corrected chi connectivity index (χ3v) is 5.27. The van der Waals surface area contributed by atoms with Gasteiger partial charge in [0.25, 0.3) is 0 Å². The first-order chi connectivity index (χ1) is 14.7. The van der Waals surface area contributed by atoms with Gasteiger partial charge in [0, 0.05) is 11.6 Å². The Morgan fingerprint density at radius 3 is 2.57 bits per heavy atom. The second kappa shape index (κ2) is 7.19. The number of phenols is 1. The summed E-state index contributed by atoms with van der Waals surface area (Å²) in [5.74, 6) is 1.04. The Morgan fingerprint density at radius 2 is 1.80 bits per heavy atom. The second-order valence-corrected chi connectivity index (χ2v) is 7.33. The van der Waals surface area contributed by atoms with Crippen LogP contribution in [-0.4, -0.2) is 15.1 Å². The van der Waals surface area contributed by atoms with E-state index in [9.17, 15) is 9.90 Å². The zero-order valence-electron chi connectivity index (χ0n) is 16.5. The Labute approximate surface area is 172 Å². The van der Waals surface area contributed by atoms with E-state index < -0.39 is 0 Å². The predicted octanol–water partition coefficient (Wildman–Crippen LogP) is 5.66. The molecule has 3 aromatic carbocycles. The van der Waals surface area contributed by atoms with Crippen LogP contribution in [0.2, 0.25) is 0 Å². The number of nitrogens with one attached hydrogen (secondary N) is 1. The molecule has 5 rings (SSSR count). The summed E-state index contributed by atoms with van der Waals surface area (Å²) in [5.41, 5.74) is 3.71. The quantitative estimate of drug-likeness (QED) is 0.411. The standard InChI is InChI=1S/C25H20N2O3/c1-2-8-16-13-17-21(14-20(16)28)30-24(15-9-4-3-5-10-15)22(23(17)29)25-26-18-11-6-7-12-19(18)27-25/h3-7,9-14,28H,2,8H2,1H3,(H,26,27). The number of H-pyrrole nitrogens is 1. The minimum atomic E-state index is -0.175. The van der Waals surface area contributed by atoms with Gasteiger partial charge in [-0.3, -0.25) is 4.79 Å². The van der Waals surface area contributed by atoms with Gasteiger partial charge in [0.05, 0.1) is 16.4 Å². The van der Waals surface area contributed by atoms with Crippen molar-refractivity contribution >= 4 is 22.0 Å². The number of hydrogen-bond acceptors (Lipinski definition) is 4. The van der Waals surface area contributed by atoms with Crippen molar-refractivity contribution in [2.24, 2.45) is 0 Å². The number of aromatic nitrogens is 2. The van der Waals surface area contributed by atoms with E-state index in [1.165, 1.54) is 6.07 Å². The molecule has 0 saturated heterocycles. The molecule has 0 bridgehead atoms. The Hall–Kier alpha value is -3.86. The number of nitrogens with zero attached hydrogens (tertiary/aromatic N) is 1. The molecule has 0 spiro atoms. The smallest absolute Gasteiger partial charge is 0.204 e. The minimum Gasteiger partial charge on any atom is -0.508 e. The number of aromatic amines is 1. The molecule has 5 heteroatoms. The lowest BCUT2D eigenvalue weighted by Crippen LogP contribution is -2.09. The monoisotopic (exact) mass is 396 g/mol. The van der Waals surface area contributed by atoms with E-state index in [-0.39, 0.29) is 11.2 Å². The highest BCUT2D eigenvalue weighted by molar-refractivity contribution is 5.90. The van der Waals surface area contributed by atoms with E-state index in [2.05, 4.69) is 9.97 Å². The van der Waals surface area contributed by atoms with Gasteiger partial charge in [0.15, 0.2) is 0 Å². The number of aromatic hydroxyl groups is 1. The maximum Gasteiger partial charge on any atom is 0.204 e. The van der Waals surface area contributed by atoms with E-state index in [1.807, 2.05) is 61.5 Å². The van der Waals surface area contributed by atoms with Gasteiger partial charge in [-0.1, -0.05) is 55.8 Å². The Kier molecular flexibility index (Phi) is 4.36. The van der Waals surface area contributed by atoms with E-state index in [0.717, 1.165) is 28.6 Å². The molecule has 0 atom stereocenters. The largest absolute Gasteiger partial charge is 0.508 e. The minimum absolute atomic E-state index is 0.142. The van der Waals surface area contributed by atoms with Gasteiger partial charge in [0.2, 0.25) is 5.43 Å². The first kappa shape index (κ1) is 18.2. The molecular weight excluding hydrogens is 376 g/mol. The average Bonchev–Trinajstić information content (AvgIpc) is 3.19. The van der Waals surface area contributed by atoms with Crippen molar-refractivity contribution in [3.8, 4) is 28.5 Å². The first-order valence-corrected chi connectivity index (χ1v) is 9.99. The van der Waals surface area contributed by atoms with E-state index in [4.69, 9.17) is 4.42 Å². The average molecular weight is 396 g/mol. The molecule has 0 unspecified atom stereocenters. The molecule has 0 fully saturated rings. The van der Waals surface area contributed by atoms with Crippen LogP contribution in [0.3, 0.4) is 0 Å². The number of rotatable bonds is 4. The zero-order valence-corrected chi connectivity index (χ0v) is 16.5. The highest BCUT2D eigenvalue weighted by atomic mass is 16.3. The van der Waals surface area contributed by atoms with Crippen molar-refractivity contribution in [2.75, 3.05) is 0 Å². The van der Waals surface area contributed by atoms with Crippen molar-refractivity contribution < 1.29 is 9.52 Å². The maximum absolute atomic E-state index is 13.7. The molecule has 5 aromatic rings. The fourth-order valence-electron chi connectivity index (χ4n) is 3.82. The summed E-state index contributed by atoms with van der Waals surface area (Å²) in [7, 11) is 0. The van der Waals surface area contributed by atoms with E-state index in [1.54, 1.807) is 6.07 Å². The summed E-state index contributed by atoms with van der Waals surface area (Å²) in [5, 5.41) is 10.8. The summed E-state index contributed by atoms with van der Waals surface area (Å²) >= 11 is 0. The van der Waals surface area contributed by atoms with Crippen LogP contribution in [0.25, 0.3) is 44.7 Å². The lowest BCUT2D eigenvalue weighted by Gasteiger charge is -2.11. The molecule has 2 aromatic heterocycles. The van der Waals surface area contributed by atoms with Gasteiger partial charge in [-0.15, -0.1) is 0 Å². The first-order valence-electron chi connectivity index (χ1n) is 9.99. The number of fused-ring (bicyclic) bond motifs is 2. The number of phenolic OH excluding ortho intramolecular Hbond substituents is 1. The van der Waals surface area contributed by atoms with Crippen molar-refractivity contribution in [1.82, 2.24) is 9.97 Å². The molecule has 0 radical (unpaired) electrons. The molecule has 0 saturated carbocycles. The van der Waals surface area contributed by atoms with Crippen LogP contribution in [0.15, 0.2) is 75.9 Å². The summed E-state index contributed by atoms with van der Waals surface area (Å²) in [4.78, 5) is 21.6. The number of hydrogen-bond donors (Lipinski definition) is 2. The van der Waals surface area contributed by atoms with Gasteiger partial charge in [0.1, 0.15) is 28.5 Å². The van der Waals surface area contributed by atoms with E-state index in [0.29, 0.717) is 34.5 Å². The molecule has 2 heterocycles. The fraction of sp³-hybridized carbons (Fsp3) is 0.120. The molecule has 2 N–H and O–H groups in total. The molecule has 0 aliphatic carbocycles. The summed E-state index contributed by atoms with van der Waals surface area (Å²) in [6, 6.07) is 20.4. The topological polar surface area (TPSA) is 79.1 Å². The van der Waals surface area contributed by atoms with Gasteiger partial charge in [-0.2, -0.15) is 0 Å². The van der Waals surface area contributed by atoms with Crippen LogP contribution in [0.5, 0.6) is 5.75 Å². The van der Waals surface area contributed by atoms with Crippen molar-refractivity contribution in [2.45, 2.75) is 19.8 Å². The van der Waals surface area contributed by atoms with Crippen LogP contribution in [0, 0.1) is 0 Å². The van der Waals surface area contributed by atoms with Gasteiger partial charge < -0.3 is 14.5 Å². The lowest BCUT2D eigenvalue weighted by atomic mass is 10.0. The Bertz CT molecular complexity index is 1400. The molecule has 0 aliphatic heterocycles. The summed E-state index contributed by atoms with van der Waals surface area (Å²) in [6.07, 6.45) is 1.55. The van der Waals surface area contributed by atoms with Crippen molar-refractivity contribution in [1.29, 1.82) is 0 Å².